The number of hydrogen-bond acceptors (Lipinski definition) is 8. The molecule has 1 fully saturated rings. The SMILES string of the molecule is CCOc1ccccc1N(C(=O)Cn1nnc(-c2cccs2)n1)[C@H](C(=O)NC1CC1)c1ccc(C)o1. The van der Waals surface area contributed by atoms with Crippen molar-refractivity contribution in [3.05, 3.63) is 65.4 Å². The van der Waals surface area contributed by atoms with Gasteiger partial charge in [0.15, 0.2) is 6.04 Å². The zero-order valence-electron chi connectivity index (χ0n) is 20.0. The highest BCUT2D eigenvalue weighted by atomic mass is 32.1. The summed E-state index contributed by atoms with van der Waals surface area (Å²) >= 11 is 1.48. The lowest BCUT2D eigenvalue weighted by molar-refractivity contribution is -0.127. The molecule has 11 heteroatoms. The molecule has 1 aromatic carbocycles. The van der Waals surface area contributed by atoms with Gasteiger partial charge in [-0.3, -0.25) is 14.5 Å². The third-order valence-electron chi connectivity index (χ3n) is 5.63. The number of nitrogens with one attached hydrogen (secondary N) is 1. The minimum absolute atomic E-state index is 0.0977. The predicted octanol–water partition coefficient (Wildman–Crippen LogP) is 3.75. The van der Waals surface area contributed by atoms with Crippen molar-refractivity contribution in [2.24, 2.45) is 0 Å². The molecule has 186 valence electrons. The van der Waals surface area contributed by atoms with E-state index in [9.17, 15) is 9.59 Å². The van der Waals surface area contributed by atoms with Crippen LogP contribution in [0.4, 0.5) is 5.69 Å². The lowest BCUT2D eigenvalue weighted by atomic mass is 10.1. The molecule has 36 heavy (non-hydrogen) atoms. The maximum Gasteiger partial charge on any atom is 0.251 e. The smallest absolute Gasteiger partial charge is 0.251 e. The number of carbonyl (C=O) groups excluding carboxylic acids is 2. The monoisotopic (exact) mass is 506 g/mol. The summed E-state index contributed by atoms with van der Waals surface area (Å²) in [6.45, 7) is 3.82. The highest BCUT2D eigenvalue weighted by Gasteiger charge is 2.39. The zero-order chi connectivity index (χ0) is 25.1. The van der Waals surface area contributed by atoms with E-state index in [1.165, 1.54) is 21.0 Å². The Kier molecular flexibility index (Phi) is 6.81. The number of ether oxygens (including phenoxy) is 1. The van der Waals surface area contributed by atoms with Crippen LogP contribution in [0.1, 0.15) is 37.3 Å². The maximum absolute atomic E-state index is 13.9. The van der Waals surface area contributed by atoms with E-state index in [0.717, 1.165) is 17.7 Å². The zero-order valence-corrected chi connectivity index (χ0v) is 20.8. The Morgan fingerprint density at radius 1 is 1.22 bits per heavy atom. The first-order valence-electron chi connectivity index (χ1n) is 11.8. The van der Waals surface area contributed by atoms with Gasteiger partial charge in [0.1, 0.15) is 23.8 Å². The first-order chi connectivity index (χ1) is 17.5. The van der Waals surface area contributed by atoms with E-state index in [1.54, 1.807) is 37.3 Å². The van der Waals surface area contributed by atoms with Crippen molar-refractivity contribution in [1.29, 1.82) is 0 Å². The van der Waals surface area contributed by atoms with Crippen LogP contribution < -0.4 is 15.0 Å². The van der Waals surface area contributed by atoms with E-state index in [1.807, 2.05) is 30.5 Å². The first-order valence-corrected chi connectivity index (χ1v) is 12.6. The standard InChI is InChI=1S/C25H26N6O4S/c1-3-34-19-8-5-4-7-18(19)31(22(32)15-30-28-24(27-29-30)21-9-6-14-36-21)23(20-13-10-16(2)35-20)25(33)26-17-11-12-17/h4-10,13-14,17,23H,3,11-12,15H2,1-2H3,(H,26,33)/t23-/m0/s1. The Hall–Kier alpha value is -3.99. The molecule has 1 N–H and O–H groups in total. The lowest BCUT2D eigenvalue weighted by Gasteiger charge is -2.31. The van der Waals surface area contributed by atoms with Gasteiger partial charge in [0.25, 0.3) is 11.8 Å². The highest BCUT2D eigenvalue weighted by Crippen LogP contribution is 2.36. The molecule has 0 saturated heterocycles. The molecule has 2 amide bonds. The van der Waals surface area contributed by atoms with Gasteiger partial charge in [-0.25, -0.2) is 0 Å². The molecule has 0 aliphatic heterocycles. The van der Waals surface area contributed by atoms with Gasteiger partial charge < -0.3 is 14.5 Å². The van der Waals surface area contributed by atoms with Gasteiger partial charge in [0, 0.05) is 6.04 Å². The van der Waals surface area contributed by atoms with E-state index >= 15 is 0 Å². The van der Waals surface area contributed by atoms with Crippen LogP contribution in [-0.4, -0.2) is 44.7 Å². The molecule has 10 nitrogen and oxygen atoms in total. The first kappa shape index (κ1) is 23.7. The lowest BCUT2D eigenvalue weighted by Crippen LogP contribution is -2.46. The van der Waals surface area contributed by atoms with Gasteiger partial charge in [0.2, 0.25) is 5.82 Å². The number of aromatic nitrogens is 4. The second-order valence-corrected chi connectivity index (χ2v) is 9.37. The number of amides is 2. The average molecular weight is 507 g/mol. The van der Waals surface area contributed by atoms with Crippen LogP contribution in [-0.2, 0) is 16.1 Å². The Morgan fingerprint density at radius 2 is 2.06 bits per heavy atom. The summed E-state index contributed by atoms with van der Waals surface area (Å²) in [5, 5.41) is 17.5. The number of hydrogen-bond donors (Lipinski definition) is 1. The van der Waals surface area contributed by atoms with Crippen LogP contribution in [0.15, 0.2) is 58.3 Å². The van der Waals surface area contributed by atoms with Gasteiger partial charge in [-0.2, -0.15) is 4.80 Å². The van der Waals surface area contributed by atoms with Gasteiger partial charge in [0.05, 0.1) is 17.2 Å². The highest BCUT2D eigenvalue weighted by molar-refractivity contribution is 7.13. The molecule has 5 rings (SSSR count). The molecule has 1 aliphatic rings. The second kappa shape index (κ2) is 10.3. The average Bonchev–Trinajstić information content (AvgIpc) is 3.24. The minimum atomic E-state index is -1.05. The third-order valence-corrected chi connectivity index (χ3v) is 6.49. The van der Waals surface area contributed by atoms with Gasteiger partial charge in [-0.05, 0) is 67.6 Å². The summed E-state index contributed by atoms with van der Waals surface area (Å²) in [5.41, 5.74) is 0.452. The van der Waals surface area contributed by atoms with Crippen molar-refractivity contribution in [3.8, 4) is 16.5 Å². The van der Waals surface area contributed by atoms with Gasteiger partial charge in [-0.15, -0.1) is 21.5 Å². The number of nitrogens with zero attached hydrogens (tertiary/aromatic N) is 5. The maximum atomic E-state index is 13.9. The van der Waals surface area contributed by atoms with Gasteiger partial charge >= 0.3 is 0 Å². The van der Waals surface area contributed by atoms with E-state index in [0.29, 0.717) is 35.4 Å². The molecule has 0 radical (unpaired) electrons. The Balaban J connectivity index is 1.54. The van der Waals surface area contributed by atoms with Crippen LogP contribution in [0.5, 0.6) is 5.75 Å². The molecule has 0 unspecified atom stereocenters. The Labute approximate surface area is 211 Å². The number of tetrazole rings is 1. The largest absolute Gasteiger partial charge is 0.492 e. The molecule has 1 saturated carbocycles. The number of para-hydroxylation sites is 2. The molecule has 4 aromatic rings. The number of thiophene rings is 1. The summed E-state index contributed by atoms with van der Waals surface area (Å²) < 4.78 is 11.7. The Morgan fingerprint density at radius 3 is 2.75 bits per heavy atom. The molecule has 3 heterocycles. The normalized spacial score (nSPS) is 13.8. The van der Waals surface area contributed by atoms with Crippen molar-refractivity contribution in [2.75, 3.05) is 11.5 Å². The predicted molar refractivity (Wildman–Crippen MR) is 134 cm³/mol. The van der Waals surface area contributed by atoms with Crippen molar-refractivity contribution < 1.29 is 18.7 Å². The number of aryl methyl sites for hydroxylation is 1. The van der Waals surface area contributed by atoms with Crippen molar-refractivity contribution in [1.82, 2.24) is 25.5 Å². The summed E-state index contributed by atoms with van der Waals surface area (Å²) in [5.74, 6) is 1.17. The fourth-order valence-electron chi connectivity index (χ4n) is 3.84. The molecule has 1 aliphatic carbocycles. The van der Waals surface area contributed by atoms with Crippen LogP contribution in [0.2, 0.25) is 0 Å². The summed E-state index contributed by atoms with van der Waals surface area (Å²) in [4.78, 5) is 31.0. The topological polar surface area (TPSA) is 115 Å². The summed E-state index contributed by atoms with van der Waals surface area (Å²) in [6.07, 6.45) is 1.82. The minimum Gasteiger partial charge on any atom is -0.492 e. The van der Waals surface area contributed by atoms with E-state index in [-0.39, 0.29) is 18.5 Å². The second-order valence-electron chi connectivity index (χ2n) is 8.42. The Bertz CT molecular complexity index is 1340. The van der Waals surface area contributed by atoms with Crippen LogP contribution in [0.25, 0.3) is 10.7 Å². The van der Waals surface area contributed by atoms with E-state index in [4.69, 9.17) is 9.15 Å². The van der Waals surface area contributed by atoms with Crippen LogP contribution in [0.3, 0.4) is 0 Å². The molecule has 0 spiro atoms. The molecular formula is C25H26N6O4S. The fraction of sp³-hybridized carbons (Fsp3) is 0.320. The molecular weight excluding hydrogens is 480 g/mol. The fourth-order valence-corrected chi connectivity index (χ4v) is 4.49. The number of benzene rings is 1. The number of rotatable bonds is 10. The summed E-state index contributed by atoms with van der Waals surface area (Å²) in [6, 6.07) is 13.5. The molecule has 1 atom stereocenters. The quantitative estimate of drug-likeness (QED) is 0.348. The molecule has 0 bridgehead atoms. The van der Waals surface area contributed by atoms with Crippen molar-refractivity contribution >= 4 is 28.8 Å². The third kappa shape index (κ3) is 5.15. The van der Waals surface area contributed by atoms with Crippen LogP contribution in [0, 0.1) is 6.92 Å². The number of furan rings is 1. The van der Waals surface area contributed by atoms with E-state index < -0.39 is 11.9 Å². The van der Waals surface area contributed by atoms with Crippen molar-refractivity contribution in [3.63, 3.8) is 0 Å². The van der Waals surface area contributed by atoms with Gasteiger partial charge in [-0.1, -0.05) is 18.2 Å². The molecule has 3 aromatic heterocycles. The van der Waals surface area contributed by atoms with Crippen molar-refractivity contribution in [2.45, 2.75) is 45.3 Å². The van der Waals surface area contributed by atoms with Crippen LogP contribution >= 0.6 is 11.3 Å². The summed E-state index contributed by atoms with van der Waals surface area (Å²) in [7, 11) is 0. The van der Waals surface area contributed by atoms with E-state index in [2.05, 4.69) is 20.7 Å². The number of carbonyl (C=O) groups is 2. The number of anilines is 1.